The molecule has 2 aromatic rings. The lowest BCUT2D eigenvalue weighted by Crippen LogP contribution is -2.32. The molecule has 1 saturated heterocycles. The summed E-state index contributed by atoms with van der Waals surface area (Å²) in [5.41, 5.74) is 4.14. The third-order valence-corrected chi connectivity index (χ3v) is 8.89. The summed E-state index contributed by atoms with van der Waals surface area (Å²) >= 11 is 1.47. The number of rotatable bonds is 6. The van der Waals surface area contributed by atoms with Gasteiger partial charge in [0, 0.05) is 24.0 Å². The first-order valence-corrected chi connectivity index (χ1v) is 14.2. The summed E-state index contributed by atoms with van der Waals surface area (Å²) in [5.74, 6) is -0.0695. The van der Waals surface area contributed by atoms with Crippen LogP contribution < -0.4 is 4.72 Å². The molecule has 2 aromatic carbocycles. The van der Waals surface area contributed by atoms with E-state index >= 15 is 0 Å². The van der Waals surface area contributed by atoms with Gasteiger partial charge >= 0.3 is 0 Å². The lowest BCUT2D eigenvalue weighted by atomic mass is 10.0. The number of sulfonamides is 1. The zero-order chi connectivity index (χ0) is 22.7. The Labute approximate surface area is 196 Å². The van der Waals surface area contributed by atoms with Crippen molar-refractivity contribution in [2.75, 3.05) is 19.3 Å². The molecule has 32 heavy (non-hydrogen) atoms. The maximum Gasteiger partial charge on any atom is 0.255 e. The summed E-state index contributed by atoms with van der Waals surface area (Å²) in [4.78, 5) is 16.1. The molecule has 0 saturated carbocycles. The van der Waals surface area contributed by atoms with Crippen molar-refractivity contribution >= 4 is 27.7 Å². The number of aryl methyl sites for hydroxylation is 2. The first kappa shape index (κ1) is 23.3. The summed E-state index contributed by atoms with van der Waals surface area (Å²) in [7, 11) is -3.77. The Kier molecular flexibility index (Phi) is 7.27. The van der Waals surface area contributed by atoms with E-state index < -0.39 is 10.0 Å². The summed E-state index contributed by atoms with van der Waals surface area (Å²) in [6, 6.07) is 10.8. The van der Waals surface area contributed by atoms with Crippen LogP contribution in [0, 0.1) is 0 Å². The molecule has 1 N–H and O–H groups in total. The predicted molar refractivity (Wildman–Crippen MR) is 130 cm³/mol. The highest BCUT2D eigenvalue weighted by Crippen LogP contribution is 2.28. The van der Waals surface area contributed by atoms with Gasteiger partial charge in [-0.25, -0.2) is 13.1 Å². The Morgan fingerprint density at radius 3 is 2.41 bits per heavy atom. The monoisotopic (exact) mass is 472 g/mol. The number of likely N-dealkylation sites (tertiary alicyclic amines) is 1. The number of nitrogens with zero attached hydrogens (tertiary/aromatic N) is 1. The van der Waals surface area contributed by atoms with Crippen LogP contribution in [0.25, 0.3) is 0 Å². The second-order valence-corrected chi connectivity index (χ2v) is 11.4. The Morgan fingerprint density at radius 1 is 0.969 bits per heavy atom. The van der Waals surface area contributed by atoms with E-state index in [4.69, 9.17) is 0 Å². The lowest BCUT2D eigenvalue weighted by molar-refractivity contribution is 0.0758. The minimum absolute atomic E-state index is 0.0695. The maximum absolute atomic E-state index is 13.3. The molecule has 1 amide bonds. The standard InChI is InChI=1S/C25H32N2O3S2/c1-18(20-11-10-19-8-7-9-21(19)16-20)26-32(29,30)22-12-13-24(31-2)23(17-22)25(28)27-14-5-3-4-6-15-27/h10-13,16-18,26H,3-9,14-15H2,1-2H3. The van der Waals surface area contributed by atoms with Gasteiger partial charge in [-0.3, -0.25) is 4.79 Å². The number of fused-ring (bicyclic) bond motifs is 1. The van der Waals surface area contributed by atoms with E-state index in [1.807, 2.05) is 24.1 Å². The van der Waals surface area contributed by atoms with Gasteiger partial charge in [0.1, 0.15) is 0 Å². The number of amides is 1. The zero-order valence-corrected chi connectivity index (χ0v) is 20.5. The average molecular weight is 473 g/mol. The lowest BCUT2D eigenvalue weighted by Gasteiger charge is -2.22. The number of benzene rings is 2. The normalized spacial score (nSPS) is 17.6. The van der Waals surface area contributed by atoms with Crippen LogP contribution in [0.3, 0.4) is 0 Å². The number of thioether (sulfide) groups is 1. The van der Waals surface area contributed by atoms with Crippen LogP contribution in [0.15, 0.2) is 46.2 Å². The highest BCUT2D eigenvalue weighted by atomic mass is 32.2. The van der Waals surface area contributed by atoms with Crippen molar-refractivity contribution < 1.29 is 13.2 Å². The van der Waals surface area contributed by atoms with Gasteiger partial charge in [0.15, 0.2) is 0 Å². The van der Waals surface area contributed by atoms with Crippen LogP contribution in [-0.4, -0.2) is 38.6 Å². The largest absolute Gasteiger partial charge is 0.339 e. The third-order valence-electron chi connectivity index (χ3n) is 6.56. The smallest absolute Gasteiger partial charge is 0.255 e. The molecule has 5 nitrogen and oxygen atoms in total. The summed E-state index contributed by atoms with van der Waals surface area (Å²) < 4.78 is 29.2. The molecule has 0 radical (unpaired) electrons. The SMILES string of the molecule is CSc1ccc(S(=O)(=O)NC(C)c2ccc3c(c2)CCC3)cc1C(=O)N1CCCCCC1. The van der Waals surface area contributed by atoms with E-state index in [1.165, 1.54) is 22.9 Å². The number of carbonyl (C=O) groups excluding carboxylic acids is 1. The fraction of sp³-hybridized carbons (Fsp3) is 0.480. The molecule has 1 fully saturated rings. The molecule has 0 aromatic heterocycles. The number of carbonyl (C=O) groups is 1. The fourth-order valence-electron chi connectivity index (χ4n) is 4.70. The van der Waals surface area contributed by atoms with E-state index in [0.29, 0.717) is 5.56 Å². The topological polar surface area (TPSA) is 66.5 Å². The zero-order valence-electron chi connectivity index (χ0n) is 18.9. The van der Waals surface area contributed by atoms with Crippen molar-refractivity contribution in [1.82, 2.24) is 9.62 Å². The van der Waals surface area contributed by atoms with Gasteiger partial charge in [0.2, 0.25) is 10.0 Å². The van der Waals surface area contributed by atoms with Crippen LogP contribution in [0.1, 0.15) is 72.1 Å². The van der Waals surface area contributed by atoms with E-state index in [-0.39, 0.29) is 16.8 Å². The molecule has 1 aliphatic heterocycles. The molecular formula is C25H32N2O3S2. The van der Waals surface area contributed by atoms with Gasteiger partial charge in [-0.1, -0.05) is 31.0 Å². The van der Waals surface area contributed by atoms with Crippen molar-refractivity contribution in [3.8, 4) is 0 Å². The van der Waals surface area contributed by atoms with Crippen molar-refractivity contribution in [3.05, 3.63) is 58.7 Å². The van der Waals surface area contributed by atoms with Crippen molar-refractivity contribution in [2.24, 2.45) is 0 Å². The molecule has 172 valence electrons. The van der Waals surface area contributed by atoms with E-state index in [9.17, 15) is 13.2 Å². The molecule has 2 aliphatic rings. The van der Waals surface area contributed by atoms with Crippen LogP contribution in [-0.2, 0) is 22.9 Å². The first-order chi connectivity index (χ1) is 15.4. The molecular weight excluding hydrogens is 440 g/mol. The van der Waals surface area contributed by atoms with Crippen molar-refractivity contribution in [1.29, 1.82) is 0 Å². The fourth-order valence-corrected chi connectivity index (χ4v) is 6.52. The number of nitrogens with one attached hydrogen (secondary N) is 1. The van der Waals surface area contributed by atoms with Gasteiger partial charge in [-0.05, 0) is 80.2 Å². The van der Waals surface area contributed by atoms with E-state index in [2.05, 4.69) is 16.9 Å². The third kappa shape index (κ3) is 5.05. The minimum Gasteiger partial charge on any atom is -0.339 e. The van der Waals surface area contributed by atoms with Gasteiger partial charge in [-0.15, -0.1) is 11.8 Å². The van der Waals surface area contributed by atoms with Gasteiger partial charge in [0.25, 0.3) is 5.91 Å². The molecule has 1 atom stereocenters. The molecule has 1 unspecified atom stereocenters. The number of hydrogen-bond acceptors (Lipinski definition) is 4. The Balaban J connectivity index is 1.57. The quantitative estimate of drug-likeness (QED) is 0.604. The van der Waals surface area contributed by atoms with Crippen molar-refractivity contribution in [3.63, 3.8) is 0 Å². The van der Waals surface area contributed by atoms with Crippen LogP contribution >= 0.6 is 11.8 Å². The summed E-state index contributed by atoms with van der Waals surface area (Å²) in [6.45, 7) is 3.34. The molecule has 7 heteroatoms. The van der Waals surface area contributed by atoms with Crippen LogP contribution in [0.2, 0.25) is 0 Å². The van der Waals surface area contributed by atoms with Crippen LogP contribution in [0.5, 0.6) is 0 Å². The number of hydrogen-bond donors (Lipinski definition) is 1. The van der Waals surface area contributed by atoms with Gasteiger partial charge in [0.05, 0.1) is 10.5 Å². The molecule has 0 spiro atoms. The Bertz CT molecular complexity index is 1090. The molecule has 0 bridgehead atoms. The highest BCUT2D eigenvalue weighted by Gasteiger charge is 2.25. The van der Waals surface area contributed by atoms with E-state index in [1.54, 1.807) is 18.2 Å². The summed E-state index contributed by atoms with van der Waals surface area (Å²) in [6.07, 6.45) is 9.50. The maximum atomic E-state index is 13.3. The molecule has 1 heterocycles. The second-order valence-electron chi connectivity index (χ2n) is 8.79. The average Bonchev–Trinajstić information content (AvgIpc) is 3.09. The van der Waals surface area contributed by atoms with Gasteiger partial charge < -0.3 is 4.90 Å². The van der Waals surface area contributed by atoms with Crippen LogP contribution in [0.4, 0.5) is 0 Å². The molecule has 1 aliphatic carbocycles. The minimum atomic E-state index is -3.77. The predicted octanol–water partition coefficient (Wildman–Crippen LogP) is 4.95. The van der Waals surface area contributed by atoms with Crippen molar-refractivity contribution in [2.45, 2.75) is 67.7 Å². The Morgan fingerprint density at radius 2 is 1.69 bits per heavy atom. The first-order valence-electron chi connectivity index (χ1n) is 11.5. The summed E-state index contributed by atoms with van der Waals surface area (Å²) in [5, 5.41) is 0. The molecule has 4 rings (SSSR count). The Hall–Kier alpha value is -1.83. The second kappa shape index (κ2) is 9.98. The van der Waals surface area contributed by atoms with E-state index in [0.717, 1.165) is 68.5 Å². The highest BCUT2D eigenvalue weighted by molar-refractivity contribution is 7.98. The van der Waals surface area contributed by atoms with Gasteiger partial charge in [-0.2, -0.15) is 0 Å².